The van der Waals surface area contributed by atoms with Crippen LogP contribution in [-0.2, 0) is 6.42 Å². The maximum absolute atomic E-state index is 3.92. The molecule has 0 fully saturated rings. The zero-order valence-electron chi connectivity index (χ0n) is 21.5. The second-order valence-electron chi connectivity index (χ2n) is 9.88. The Balaban J connectivity index is 1.55. The van der Waals surface area contributed by atoms with Crippen molar-refractivity contribution >= 4 is 27.6 Å². The molecule has 5 aromatic rings. The Morgan fingerprint density at radius 1 is 0.528 bits per heavy atom. The topological polar surface area (TPSA) is 0 Å². The summed E-state index contributed by atoms with van der Waals surface area (Å²) in [5, 5.41) is 5.22. The minimum absolute atomic E-state index is 1.14. The van der Waals surface area contributed by atoms with Crippen molar-refractivity contribution in [2.75, 3.05) is 0 Å². The molecular weight excluding hydrogens is 432 g/mol. The third-order valence-electron chi connectivity index (χ3n) is 7.43. The molecule has 0 heteroatoms. The normalized spacial score (nSPS) is 11.2. The lowest BCUT2D eigenvalue weighted by Crippen LogP contribution is -1.91. The fourth-order valence-corrected chi connectivity index (χ4v) is 5.48. The van der Waals surface area contributed by atoms with E-state index < -0.39 is 0 Å². The van der Waals surface area contributed by atoms with E-state index in [1.54, 1.807) is 0 Å². The van der Waals surface area contributed by atoms with Gasteiger partial charge in [0.15, 0.2) is 0 Å². The van der Waals surface area contributed by atoms with Crippen LogP contribution in [0.3, 0.4) is 0 Å². The number of unbranched alkanes of at least 4 members (excludes halogenated alkanes) is 5. The Morgan fingerprint density at radius 2 is 0.972 bits per heavy atom. The van der Waals surface area contributed by atoms with Crippen molar-refractivity contribution in [3.63, 3.8) is 0 Å². The molecule has 0 N–H and O–H groups in total. The first-order chi connectivity index (χ1) is 17.8. The summed E-state index contributed by atoms with van der Waals surface area (Å²) in [7, 11) is 0. The van der Waals surface area contributed by atoms with Crippen LogP contribution < -0.4 is 0 Å². The molecule has 5 rings (SSSR count). The molecule has 0 saturated heterocycles. The van der Waals surface area contributed by atoms with Crippen LogP contribution in [0.25, 0.3) is 49.9 Å². The Hall–Kier alpha value is -3.64. The summed E-state index contributed by atoms with van der Waals surface area (Å²) in [5.74, 6) is 0. The van der Waals surface area contributed by atoms with Gasteiger partial charge in [0.2, 0.25) is 0 Å². The standard InChI is InChI=1S/C36H36/c1-3-5-6-7-8-9-14-28-21-25-30(26-22-28)36-33-17-12-10-15-31(33)35(32-16-11-13-18-34(32)36)29-23-19-27(4-2)20-24-29/h4,10-13,15-26H,2-3,5-9,14H2,1H3. The van der Waals surface area contributed by atoms with Gasteiger partial charge < -0.3 is 0 Å². The lowest BCUT2D eigenvalue weighted by Gasteiger charge is -2.18. The fraction of sp³-hybridized carbons (Fsp3) is 0.222. The zero-order chi connectivity index (χ0) is 24.7. The monoisotopic (exact) mass is 468 g/mol. The molecule has 0 amide bonds. The number of rotatable bonds is 10. The summed E-state index contributed by atoms with van der Waals surface area (Å²) in [6.07, 6.45) is 11.1. The molecule has 5 aromatic carbocycles. The number of benzene rings is 5. The highest BCUT2D eigenvalue weighted by Crippen LogP contribution is 2.43. The molecule has 0 aliphatic carbocycles. The van der Waals surface area contributed by atoms with Gasteiger partial charge in [-0.15, -0.1) is 0 Å². The number of aryl methyl sites for hydroxylation is 1. The lowest BCUT2D eigenvalue weighted by molar-refractivity contribution is 0.607. The number of hydrogen-bond donors (Lipinski definition) is 0. The third kappa shape index (κ3) is 5.00. The number of fused-ring (bicyclic) bond motifs is 2. The van der Waals surface area contributed by atoms with Gasteiger partial charge in [-0.3, -0.25) is 0 Å². The molecule has 0 aliphatic heterocycles. The van der Waals surface area contributed by atoms with Gasteiger partial charge in [0, 0.05) is 0 Å². The quantitative estimate of drug-likeness (QED) is 0.141. The van der Waals surface area contributed by atoms with E-state index in [9.17, 15) is 0 Å². The second-order valence-corrected chi connectivity index (χ2v) is 9.88. The first kappa shape index (κ1) is 24.1. The molecule has 36 heavy (non-hydrogen) atoms. The Morgan fingerprint density at radius 3 is 1.44 bits per heavy atom. The first-order valence-corrected chi connectivity index (χ1v) is 13.6. The minimum Gasteiger partial charge on any atom is -0.0985 e. The molecule has 0 heterocycles. The van der Waals surface area contributed by atoms with E-state index in [1.807, 2.05) is 6.08 Å². The molecule has 0 aliphatic rings. The smallest absolute Gasteiger partial charge is 0.00264 e. The van der Waals surface area contributed by atoms with Crippen LogP contribution in [0.2, 0.25) is 0 Å². The molecule has 0 unspecified atom stereocenters. The average Bonchev–Trinajstić information content (AvgIpc) is 2.94. The third-order valence-corrected chi connectivity index (χ3v) is 7.43. The van der Waals surface area contributed by atoms with Crippen LogP contribution in [0, 0.1) is 0 Å². The predicted molar refractivity (Wildman–Crippen MR) is 159 cm³/mol. The van der Waals surface area contributed by atoms with Gasteiger partial charge in [0.25, 0.3) is 0 Å². The van der Waals surface area contributed by atoms with Gasteiger partial charge in [-0.1, -0.05) is 149 Å². The van der Waals surface area contributed by atoms with Crippen LogP contribution in [0.1, 0.15) is 56.6 Å². The summed E-state index contributed by atoms with van der Waals surface area (Å²) in [6.45, 7) is 6.20. The van der Waals surface area contributed by atoms with E-state index in [0.29, 0.717) is 0 Å². The van der Waals surface area contributed by atoms with Crippen molar-refractivity contribution in [1.82, 2.24) is 0 Å². The van der Waals surface area contributed by atoms with E-state index in [2.05, 4.69) is 111 Å². The first-order valence-electron chi connectivity index (χ1n) is 13.6. The molecule has 0 spiro atoms. The minimum atomic E-state index is 1.14. The highest BCUT2D eigenvalue weighted by Gasteiger charge is 2.16. The largest absolute Gasteiger partial charge is 0.0985 e. The fourth-order valence-electron chi connectivity index (χ4n) is 5.48. The van der Waals surface area contributed by atoms with E-state index in [4.69, 9.17) is 0 Å². The molecule has 0 bridgehead atoms. The molecular formula is C36H36. The van der Waals surface area contributed by atoms with E-state index in [1.165, 1.54) is 94.3 Å². The Labute approximate surface area is 216 Å². The second kappa shape index (κ2) is 11.4. The van der Waals surface area contributed by atoms with Gasteiger partial charge in [-0.05, 0) is 67.8 Å². The lowest BCUT2D eigenvalue weighted by atomic mass is 9.85. The Kier molecular flexibility index (Phi) is 7.62. The van der Waals surface area contributed by atoms with Crippen molar-refractivity contribution in [3.05, 3.63) is 115 Å². The summed E-state index contributed by atoms with van der Waals surface area (Å²) >= 11 is 0. The Bertz CT molecular complexity index is 1400. The van der Waals surface area contributed by atoms with Gasteiger partial charge in [-0.25, -0.2) is 0 Å². The van der Waals surface area contributed by atoms with Crippen LogP contribution in [0.5, 0.6) is 0 Å². The summed E-state index contributed by atoms with van der Waals surface area (Å²) < 4.78 is 0. The maximum atomic E-state index is 3.92. The molecule has 0 radical (unpaired) electrons. The molecule has 180 valence electrons. The molecule has 0 saturated carbocycles. The van der Waals surface area contributed by atoms with Crippen molar-refractivity contribution in [2.24, 2.45) is 0 Å². The highest BCUT2D eigenvalue weighted by atomic mass is 14.2. The van der Waals surface area contributed by atoms with Crippen molar-refractivity contribution < 1.29 is 0 Å². The summed E-state index contributed by atoms with van der Waals surface area (Å²) in [6, 6.07) is 35.9. The summed E-state index contributed by atoms with van der Waals surface area (Å²) in [5.41, 5.74) is 7.77. The summed E-state index contributed by atoms with van der Waals surface area (Å²) in [4.78, 5) is 0. The van der Waals surface area contributed by atoms with Crippen LogP contribution in [0.4, 0.5) is 0 Å². The van der Waals surface area contributed by atoms with Gasteiger partial charge in [-0.2, -0.15) is 0 Å². The predicted octanol–water partition coefficient (Wildman–Crippen LogP) is 10.9. The van der Waals surface area contributed by atoms with Crippen LogP contribution >= 0.6 is 0 Å². The number of hydrogen-bond acceptors (Lipinski definition) is 0. The van der Waals surface area contributed by atoms with E-state index >= 15 is 0 Å². The van der Waals surface area contributed by atoms with Crippen molar-refractivity contribution in [3.8, 4) is 22.3 Å². The van der Waals surface area contributed by atoms with E-state index in [0.717, 1.165) is 5.56 Å². The van der Waals surface area contributed by atoms with Crippen molar-refractivity contribution in [2.45, 2.75) is 51.9 Å². The molecule has 0 atom stereocenters. The SMILES string of the molecule is C=Cc1ccc(-c2c3ccccc3c(-c3ccc(CCCCCCCC)cc3)c3ccccc23)cc1. The zero-order valence-corrected chi connectivity index (χ0v) is 21.5. The molecule has 0 aromatic heterocycles. The van der Waals surface area contributed by atoms with Crippen molar-refractivity contribution in [1.29, 1.82) is 0 Å². The van der Waals surface area contributed by atoms with Crippen LogP contribution in [0.15, 0.2) is 104 Å². The van der Waals surface area contributed by atoms with Gasteiger partial charge in [0.05, 0.1) is 0 Å². The average molecular weight is 469 g/mol. The maximum Gasteiger partial charge on any atom is -0.00264 e. The highest BCUT2D eigenvalue weighted by molar-refractivity contribution is 6.21. The van der Waals surface area contributed by atoms with Gasteiger partial charge in [0.1, 0.15) is 0 Å². The van der Waals surface area contributed by atoms with Crippen LogP contribution in [-0.4, -0.2) is 0 Å². The molecule has 0 nitrogen and oxygen atoms in total. The van der Waals surface area contributed by atoms with E-state index in [-0.39, 0.29) is 0 Å². The van der Waals surface area contributed by atoms with Gasteiger partial charge >= 0.3 is 0 Å².